The van der Waals surface area contributed by atoms with Crippen molar-refractivity contribution in [2.45, 2.75) is 52.4 Å². The van der Waals surface area contributed by atoms with Crippen LogP contribution in [0.1, 0.15) is 50.2 Å². The maximum absolute atomic E-state index is 10.4. The number of H-pyrrole nitrogens is 1. The van der Waals surface area contributed by atoms with E-state index in [0.29, 0.717) is 24.8 Å². The van der Waals surface area contributed by atoms with Crippen molar-refractivity contribution < 1.29 is 14.6 Å². The van der Waals surface area contributed by atoms with E-state index in [2.05, 4.69) is 27.5 Å². The highest BCUT2D eigenvalue weighted by Gasteiger charge is 2.10. The van der Waals surface area contributed by atoms with Crippen molar-refractivity contribution in [2.24, 2.45) is 0 Å². The number of aromatic nitrogens is 4. The smallest absolute Gasteiger partial charge is 0.204 e. The second-order valence-electron chi connectivity index (χ2n) is 7.32. The second-order valence-corrected chi connectivity index (χ2v) is 7.32. The molecule has 0 unspecified atom stereocenters. The molecule has 3 aromatic rings. The van der Waals surface area contributed by atoms with Crippen molar-refractivity contribution >= 4 is 0 Å². The third-order valence-corrected chi connectivity index (χ3v) is 5.04. The van der Waals surface area contributed by atoms with Gasteiger partial charge >= 0.3 is 0 Å². The Morgan fingerprint density at radius 3 is 2.40 bits per heavy atom. The van der Waals surface area contributed by atoms with Crippen molar-refractivity contribution in [3.63, 3.8) is 0 Å². The Morgan fingerprint density at radius 2 is 1.70 bits per heavy atom. The highest BCUT2D eigenvalue weighted by molar-refractivity contribution is 5.55. The average molecular weight is 411 g/mol. The minimum absolute atomic E-state index is 0.371. The molecular formula is C23H30N4O3. The predicted octanol–water partition coefficient (Wildman–Crippen LogP) is 4.85. The van der Waals surface area contributed by atoms with E-state index >= 15 is 0 Å². The number of benzene rings is 2. The predicted molar refractivity (Wildman–Crippen MR) is 116 cm³/mol. The SMILES string of the molecule is CCCCCc1ccc(OCCCCOc2ccc(-c3nn[nH]n3)cc2)c(C)c1O. The number of phenols is 1. The van der Waals surface area contributed by atoms with Gasteiger partial charge in [-0.25, -0.2) is 0 Å². The quantitative estimate of drug-likeness (QED) is 0.415. The van der Waals surface area contributed by atoms with Crippen LogP contribution in [-0.2, 0) is 6.42 Å². The maximum Gasteiger partial charge on any atom is 0.204 e. The van der Waals surface area contributed by atoms with Crippen LogP contribution in [0.15, 0.2) is 36.4 Å². The van der Waals surface area contributed by atoms with Gasteiger partial charge in [0.1, 0.15) is 17.2 Å². The topological polar surface area (TPSA) is 93.2 Å². The summed E-state index contributed by atoms with van der Waals surface area (Å²) < 4.78 is 11.6. The van der Waals surface area contributed by atoms with Crippen LogP contribution in [0.2, 0.25) is 0 Å². The monoisotopic (exact) mass is 410 g/mol. The van der Waals surface area contributed by atoms with E-state index in [4.69, 9.17) is 9.47 Å². The number of aryl methyl sites for hydroxylation is 1. The van der Waals surface area contributed by atoms with E-state index < -0.39 is 0 Å². The number of ether oxygens (including phenoxy) is 2. The zero-order chi connectivity index (χ0) is 21.2. The van der Waals surface area contributed by atoms with Gasteiger partial charge in [-0.05, 0) is 73.7 Å². The second kappa shape index (κ2) is 11.2. The number of phenolic OH excluding ortho intramolecular Hbond substituents is 1. The maximum atomic E-state index is 10.4. The Morgan fingerprint density at radius 1 is 0.933 bits per heavy atom. The average Bonchev–Trinajstić information content (AvgIpc) is 3.30. The van der Waals surface area contributed by atoms with Crippen molar-refractivity contribution in [2.75, 3.05) is 13.2 Å². The van der Waals surface area contributed by atoms with Crippen LogP contribution in [0.25, 0.3) is 11.4 Å². The Bertz CT molecular complexity index is 896. The molecule has 1 aromatic heterocycles. The standard InChI is InChI=1S/C23H30N4O3/c1-3-4-5-8-18-11-14-21(17(2)22(18)28)30-16-7-6-15-29-20-12-9-19(10-13-20)23-24-26-27-25-23/h9-14,28H,3-8,15-16H2,1-2H3,(H,24,25,26,27). The third kappa shape index (κ3) is 5.95. The van der Waals surface area contributed by atoms with E-state index in [1.165, 1.54) is 12.8 Å². The number of nitrogens with zero attached hydrogens (tertiary/aromatic N) is 3. The highest BCUT2D eigenvalue weighted by atomic mass is 16.5. The summed E-state index contributed by atoms with van der Waals surface area (Å²) in [5, 5.41) is 24.3. The van der Waals surface area contributed by atoms with Crippen LogP contribution >= 0.6 is 0 Å². The van der Waals surface area contributed by atoms with Crippen molar-refractivity contribution in [1.29, 1.82) is 0 Å². The number of rotatable bonds is 12. The molecule has 0 spiro atoms. The van der Waals surface area contributed by atoms with Gasteiger partial charge in [0.2, 0.25) is 5.82 Å². The lowest BCUT2D eigenvalue weighted by Gasteiger charge is -2.13. The summed E-state index contributed by atoms with van der Waals surface area (Å²) in [5.74, 6) is 2.50. The molecule has 3 rings (SSSR count). The zero-order valence-electron chi connectivity index (χ0n) is 17.7. The minimum atomic E-state index is 0.371. The summed E-state index contributed by atoms with van der Waals surface area (Å²) in [6, 6.07) is 11.6. The van der Waals surface area contributed by atoms with Gasteiger partial charge in [-0.3, -0.25) is 0 Å². The van der Waals surface area contributed by atoms with E-state index in [1.54, 1.807) is 0 Å². The van der Waals surface area contributed by atoms with Crippen LogP contribution in [0.3, 0.4) is 0 Å². The number of hydrogen-bond donors (Lipinski definition) is 2. The minimum Gasteiger partial charge on any atom is -0.507 e. The molecule has 30 heavy (non-hydrogen) atoms. The molecule has 2 N–H and O–H groups in total. The first-order valence-corrected chi connectivity index (χ1v) is 10.6. The summed E-state index contributed by atoms with van der Waals surface area (Å²) in [5.41, 5.74) is 2.72. The van der Waals surface area contributed by atoms with Gasteiger partial charge in [0.25, 0.3) is 0 Å². The number of tetrazole rings is 1. The van der Waals surface area contributed by atoms with Gasteiger partial charge in [-0.1, -0.05) is 25.8 Å². The number of aromatic hydroxyl groups is 1. The van der Waals surface area contributed by atoms with Crippen LogP contribution in [0.4, 0.5) is 0 Å². The van der Waals surface area contributed by atoms with Crippen molar-refractivity contribution in [3.05, 3.63) is 47.5 Å². The normalized spacial score (nSPS) is 10.9. The Labute approximate surface area is 177 Å². The Kier molecular flexibility index (Phi) is 8.06. The van der Waals surface area contributed by atoms with Gasteiger partial charge in [-0.2, -0.15) is 5.21 Å². The van der Waals surface area contributed by atoms with Crippen LogP contribution in [0, 0.1) is 6.92 Å². The molecule has 7 heteroatoms. The van der Waals surface area contributed by atoms with Gasteiger partial charge in [0.15, 0.2) is 0 Å². The van der Waals surface area contributed by atoms with Gasteiger partial charge in [-0.15, -0.1) is 10.2 Å². The fraction of sp³-hybridized carbons (Fsp3) is 0.435. The molecule has 0 aliphatic rings. The van der Waals surface area contributed by atoms with Gasteiger partial charge in [0, 0.05) is 11.1 Å². The van der Waals surface area contributed by atoms with Crippen LogP contribution in [-0.4, -0.2) is 38.9 Å². The Hall–Kier alpha value is -3.09. The number of hydrogen-bond acceptors (Lipinski definition) is 6. The van der Waals surface area contributed by atoms with E-state index in [9.17, 15) is 5.11 Å². The number of aromatic amines is 1. The molecule has 0 bridgehead atoms. The first-order chi connectivity index (χ1) is 14.7. The molecule has 7 nitrogen and oxygen atoms in total. The molecule has 0 aliphatic carbocycles. The summed E-state index contributed by atoms with van der Waals surface area (Å²) in [4.78, 5) is 0. The third-order valence-electron chi connectivity index (χ3n) is 5.04. The van der Waals surface area contributed by atoms with Gasteiger partial charge < -0.3 is 14.6 Å². The molecule has 1 heterocycles. The van der Waals surface area contributed by atoms with Crippen LogP contribution < -0.4 is 9.47 Å². The van der Waals surface area contributed by atoms with Crippen molar-refractivity contribution in [1.82, 2.24) is 20.6 Å². The molecule has 0 fully saturated rings. The fourth-order valence-electron chi connectivity index (χ4n) is 3.22. The summed E-state index contributed by atoms with van der Waals surface area (Å²) in [6.07, 6.45) is 6.13. The lowest BCUT2D eigenvalue weighted by molar-refractivity contribution is 0.265. The van der Waals surface area contributed by atoms with E-state index in [1.807, 2.05) is 43.3 Å². The lowest BCUT2D eigenvalue weighted by atomic mass is 10.0. The largest absolute Gasteiger partial charge is 0.507 e. The van der Waals surface area contributed by atoms with Crippen molar-refractivity contribution in [3.8, 4) is 28.6 Å². The first kappa shape index (κ1) is 21.6. The fourth-order valence-corrected chi connectivity index (χ4v) is 3.22. The van der Waals surface area contributed by atoms with E-state index in [-0.39, 0.29) is 0 Å². The number of nitrogens with one attached hydrogen (secondary N) is 1. The summed E-state index contributed by atoms with van der Waals surface area (Å²) in [6.45, 7) is 5.30. The number of unbranched alkanes of at least 4 members (excludes halogenated alkanes) is 3. The molecule has 2 aromatic carbocycles. The molecule has 0 aliphatic heterocycles. The molecule has 0 saturated carbocycles. The van der Waals surface area contributed by atoms with E-state index in [0.717, 1.165) is 53.9 Å². The van der Waals surface area contributed by atoms with Crippen LogP contribution in [0.5, 0.6) is 17.2 Å². The molecule has 0 radical (unpaired) electrons. The summed E-state index contributed by atoms with van der Waals surface area (Å²) in [7, 11) is 0. The Balaban J connectivity index is 1.36. The summed E-state index contributed by atoms with van der Waals surface area (Å²) >= 11 is 0. The zero-order valence-corrected chi connectivity index (χ0v) is 17.7. The van der Waals surface area contributed by atoms with Gasteiger partial charge in [0.05, 0.1) is 13.2 Å². The molecule has 0 amide bonds. The lowest BCUT2D eigenvalue weighted by Crippen LogP contribution is -2.03. The highest BCUT2D eigenvalue weighted by Crippen LogP contribution is 2.31. The molecule has 160 valence electrons. The first-order valence-electron chi connectivity index (χ1n) is 10.6. The molecule has 0 saturated heterocycles. The molecule has 0 atom stereocenters. The molecular weight excluding hydrogens is 380 g/mol.